The molecule has 0 fully saturated rings. The van der Waals surface area contributed by atoms with E-state index in [-0.39, 0.29) is 0 Å². The highest BCUT2D eigenvalue weighted by Gasteiger charge is 2.07. The molecule has 0 aromatic heterocycles. The van der Waals surface area contributed by atoms with E-state index in [2.05, 4.69) is 61.3 Å². The van der Waals surface area contributed by atoms with E-state index < -0.39 is 0 Å². The minimum absolute atomic E-state index is 0.883. The lowest BCUT2D eigenvalue weighted by Gasteiger charge is -2.14. The van der Waals surface area contributed by atoms with E-state index in [1.54, 1.807) is 0 Å². The fourth-order valence-corrected chi connectivity index (χ4v) is 3.22. The Kier molecular flexibility index (Phi) is 5.59. The van der Waals surface area contributed by atoms with Gasteiger partial charge >= 0.3 is 0 Å². The largest absolute Gasteiger partial charge is 0.355 e. The monoisotopic (exact) mass is 346 g/mol. The molecule has 0 amide bonds. The maximum Gasteiger partial charge on any atom is 0.0395 e. The third-order valence-corrected chi connectivity index (χ3v) is 4.71. The van der Waals surface area contributed by atoms with Gasteiger partial charge in [0, 0.05) is 16.3 Å². The molecule has 0 aliphatic heterocycles. The van der Waals surface area contributed by atoms with Gasteiger partial charge in [-0.25, -0.2) is 0 Å². The Bertz CT molecular complexity index is 872. The molecule has 3 N–H and O–H groups in total. The summed E-state index contributed by atoms with van der Waals surface area (Å²) < 4.78 is 0. The van der Waals surface area contributed by atoms with E-state index in [0.717, 1.165) is 28.3 Å². The first-order chi connectivity index (χ1) is 12.2. The Morgan fingerprint density at radius 2 is 1.80 bits per heavy atom. The lowest BCUT2D eigenvalue weighted by Crippen LogP contribution is -1.99. The van der Waals surface area contributed by atoms with Crippen LogP contribution in [0.1, 0.15) is 18.1 Å². The zero-order valence-electron chi connectivity index (χ0n) is 14.3. The summed E-state index contributed by atoms with van der Waals surface area (Å²) in [5.41, 5.74) is 6.82. The molecule has 0 saturated heterocycles. The second-order valence-electron chi connectivity index (χ2n) is 5.84. The third kappa shape index (κ3) is 4.13. The number of nitrogens with two attached hydrogens (primary N) is 1. The Morgan fingerprint density at radius 3 is 2.52 bits per heavy atom. The molecular weight excluding hydrogens is 324 g/mol. The minimum atomic E-state index is 0.883. The van der Waals surface area contributed by atoms with Crippen molar-refractivity contribution in [2.75, 3.05) is 5.32 Å². The fraction of sp³-hybridized carbons (Fsp3) is 0.0909. The van der Waals surface area contributed by atoms with Crippen molar-refractivity contribution in [3.8, 4) is 11.1 Å². The van der Waals surface area contributed by atoms with E-state index >= 15 is 0 Å². The number of hydrogen-bond acceptors (Lipinski definition) is 3. The van der Waals surface area contributed by atoms with E-state index in [9.17, 15) is 0 Å². The number of nitrogens with one attached hydrogen (secondary N) is 1. The van der Waals surface area contributed by atoms with Crippen molar-refractivity contribution in [1.29, 1.82) is 0 Å². The van der Waals surface area contributed by atoms with Gasteiger partial charge in [-0.2, -0.15) is 0 Å². The van der Waals surface area contributed by atoms with Crippen LogP contribution < -0.4 is 10.5 Å². The molecule has 25 heavy (non-hydrogen) atoms. The van der Waals surface area contributed by atoms with Crippen molar-refractivity contribution < 1.29 is 0 Å². The van der Waals surface area contributed by atoms with Crippen LogP contribution in [0.5, 0.6) is 0 Å². The molecule has 3 aromatic carbocycles. The molecule has 3 heteroatoms. The average Bonchev–Trinajstić information content (AvgIpc) is 2.68. The average molecular weight is 346 g/mol. The van der Waals surface area contributed by atoms with Crippen LogP contribution in [0.15, 0.2) is 84.3 Å². The normalized spacial score (nSPS) is 10.5. The molecule has 0 aliphatic rings. The topological polar surface area (TPSA) is 38.0 Å². The van der Waals surface area contributed by atoms with Gasteiger partial charge in [0.05, 0.1) is 0 Å². The maximum atomic E-state index is 5.64. The molecule has 0 atom stereocenters. The SMILES string of the molecule is C=C(Nc1cccc(SN)c1)c1ccc(-c2ccccc2)c(CC)c1. The molecule has 2 nitrogen and oxygen atoms in total. The zero-order valence-corrected chi connectivity index (χ0v) is 15.1. The van der Waals surface area contributed by atoms with Crippen molar-refractivity contribution in [2.45, 2.75) is 18.2 Å². The Morgan fingerprint density at radius 1 is 1.00 bits per heavy atom. The standard InChI is InChI=1S/C22H22N2S/c1-3-17-14-19(12-13-22(17)18-8-5-4-6-9-18)16(2)24-20-10-7-11-21(15-20)25-23/h4-15,24H,2-3,23H2,1H3. The quantitative estimate of drug-likeness (QED) is 0.540. The highest BCUT2D eigenvalue weighted by atomic mass is 32.2. The van der Waals surface area contributed by atoms with Crippen LogP contribution >= 0.6 is 11.9 Å². The van der Waals surface area contributed by atoms with Gasteiger partial charge in [0.25, 0.3) is 0 Å². The Hall–Kier alpha value is -2.49. The minimum Gasteiger partial charge on any atom is -0.355 e. The molecule has 0 bridgehead atoms. The number of rotatable bonds is 6. The van der Waals surface area contributed by atoms with Gasteiger partial charge in [0.2, 0.25) is 0 Å². The van der Waals surface area contributed by atoms with Crippen LogP contribution in [0.4, 0.5) is 5.69 Å². The van der Waals surface area contributed by atoms with Crippen LogP contribution in [-0.4, -0.2) is 0 Å². The summed E-state index contributed by atoms with van der Waals surface area (Å²) in [6.07, 6.45) is 0.977. The van der Waals surface area contributed by atoms with Crippen LogP contribution in [-0.2, 0) is 6.42 Å². The smallest absolute Gasteiger partial charge is 0.0395 e. The van der Waals surface area contributed by atoms with Gasteiger partial charge < -0.3 is 5.32 Å². The third-order valence-electron chi connectivity index (χ3n) is 4.18. The molecule has 0 spiro atoms. The van der Waals surface area contributed by atoms with Gasteiger partial charge in [0.15, 0.2) is 0 Å². The highest BCUT2D eigenvalue weighted by Crippen LogP contribution is 2.28. The second-order valence-corrected chi connectivity index (χ2v) is 6.55. The summed E-state index contributed by atoms with van der Waals surface area (Å²) in [5.74, 6) is 0. The molecule has 0 heterocycles. The first-order valence-electron chi connectivity index (χ1n) is 8.32. The predicted molar refractivity (Wildman–Crippen MR) is 110 cm³/mol. The van der Waals surface area contributed by atoms with Crippen LogP contribution in [0.2, 0.25) is 0 Å². The summed E-state index contributed by atoms with van der Waals surface area (Å²) in [7, 11) is 0. The summed E-state index contributed by atoms with van der Waals surface area (Å²) >= 11 is 1.24. The molecule has 0 unspecified atom stereocenters. The van der Waals surface area contributed by atoms with Crippen molar-refractivity contribution >= 4 is 23.3 Å². The van der Waals surface area contributed by atoms with Crippen molar-refractivity contribution in [3.63, 3.8) is 0 Å². The Balaban J connectivity index is 1.86. The summed E-state index contributed by atoms with van der Waals surface area (Å²) in [6.45, 7) is 6.39. The van der Waals surface area contributed by atoms with Crippen LogP contribution in [0, 0.1) is 0 Å². The van der Waals surface area contributed by atoms with Gasteiger partial charge in [-0.15, -0.1) is 0 Å². The molecule has 3 rings (SSSR count). The van der Waals surface area contributed by atoms with Crippen molar-refractivity contribution in [3.05, 3.63) is 90.5 Å². The lowest BCUT2D eigenvalue weighted by molar-refractivity contribution is 1.14. The van der Waals surface area contributed by atoms with Crippen molar-refractivity contribution in [1.82, 2.24) is 0 Å². The molecule has 0 aliphatic carbocycles. The van der Waals surface area contributed by atoms with Crippen LogP contribution in [0.25, 0.3) is 16.8 Å². The van der Waals surface area contributed by atoms with Gasteiger partial charge in [-0.1, -0.05) is 62.0 Å². The zero-order chi connectivity index (χ0) is 17.6. The summed E-state index contributed by atoms with van der Waals surface area (Å²) in [6, 6.07) is 25.0. The maximum absolute atomic E-state index is 5.64. The first kappa shape index (κ1) is 17.3. The lowest BCUT2D eigenvalue weighted by atomic mass is 9.95. The van der Waals surface area contributed by atoms with E-state index in [0.29, 0.717) is 0 Å². The predicted octanol–water partition coefficient (Wildman–Crippen LogP) is 5.96. The Labute approximate surface area is 153 Å². The number of hydrogen-bond donors (Lipinski definition) is 2. The molecule has 3 aromatic rings. The number of anilines is 1. The summed E-state index contributed by atoms with van der Waals surface area (Å²) in [4.78, 5) is 1.02. The molecular formula is C22H22N2S. The van der Waals surface area contributed by atoms with E-state index in [1.807, 2.05) is 30.3 Å². The fourth-order valence-electron chi connectivity index (χ4n) is 2.87. The van der Waals surface area contributed by atoms with Crippen molar-refractivity contribution in [2.24, 2.45) is 5.14 Å². The van der Waals surface area contributed by atoms with Gasteiger partial charge in [-0.3, -0.25) is 5.14 Å². The van der Waals surface area contributed by atoms with Crippen LogP contribution in [0.3, 0.4) is 0 Å². The summed E-state index contributed by atoms with van der Waals surface area (Å²) in [5, 5.41) is 9.02. The molecule has 126 valence electrons. The first-order valence-corrected chi connectivity index (χ1v) is 9.20. The van der Waals surface area contributed by atoms with Gasteiger partial charge in [0.1, 0.15) is 0 Å². The molecule has 0 saturated carbocycles. The number of aryl methyl sites for hydroxylation is 1. The highest BCUT2D eigenvalue weighted by molar-refractivity contribution is 7.97. The second kappa shape index (κ2) is 8.06. The van der Waals surface area contributed by atoms with Gasteiger partial charge in [-0.05, 0) is 64.9 Å². The van der Waals surface area contributed by atoms with E-state index in [1.165, 1.54) is 28.6 Å². The number of benzene rings is 3. The molecule has 0 radical (unpaired) electrons. The van der Waals surface area contributed by atoms with E-state index in [4.69, 9.17) is 5.14 Å².